The van der Waals surface area contributed by atoms with Crippen molar-refractivity contribution in [3.63, 3.8) is 0 Å². The molecule has 0 radical (unpaired) electrons. The van der Waals surface area contributed by atoms with E-state index in [1.807, 2.05) is 12.1 Å². The lowest BCUT2D eigenvalue weighted by molar-refractivity contribution is 0.0924. The molecule has 1 aromatic carbocycles. The fourth-order valence-electron chi connectivity index (χ4n) is 4.57. The van der Waals surface area contributed by atoms with Crippen LogP contribution in [0.2, 0.25) is 0 Å². The summed E-state index contributed by atoms with van der Waals surface area (Å²) in [5.74, 6) is -0.813. The molecule has 0 bridgehead atoms. The molecule has 1 aliphatic heterocycles. The lowest BCUT2D eigenvalue weighted by Crippen LogP contribution is -2.36. The molecule has 1 fully saturated rings. The molecular weight excluding hydrogens is 407 g/mol. The van der Waals surface area contributed by atoms with Gasteiger partial charge in [-0.15, -0.1) is 0 Å². The fourth-order valence-corrected chi connectivity index (χ4v) is 4.57. The third-order valence-corrected chi connectivity index (χ3v) is 6.32. The number of H-pyrrole nitrogens is 1. The summed E-state index contributed by atoms with van der Waals surface area (Å²) in [4.78, 5) is 32.2. The van der Waals surface area contributed by atoms with E-state index in [1.165, 1.54) is 12.5 Å². The van der Waals surface area contributed by atoms with E-state index in [0.717, 1.165) is 49.1 Å². The van der Waals surface area contributed by atoms with Crippen molar-refractivity contribution in [2.75, 3.05) is 6.54 Å². The minimum Gasteiger partial charge on any atom is -0.358 e. The number of benzene rings is 1. The second-order valence-electron chi connectivity index (χ2n) is 8.51. The van der Waals surface area contributed by atoms with Crippen LogP contribution in [0.25, 0.3) is 22.5 Å². The highest BCUT2D eigenvalue weighted by atomic mass is 19.1. The highest BCUT2D eigenvalue weighted by Gasteiger charge is 2.21. The molecule has 0 spiro atoms. The number of aromatic nitrogens is 2. The monoisotopic (exact) mass is 432 g/mol. The lowest BCUT2D eigenvalue weighted by Gasteiger charge is -2.22. The molecule has 2 aliphatic rings. The summed E-state index contributed by atoms with van der Waals surface area (Å²) in [6, 6.07) is 10.1. The first kappa shape index (κ1) is 20.4. The zero-order valence-corrected chi connectivity index (χ0v) is 17.7. The van der Waals surface area contributed by atoms with Crippen LogP contribution in [-0.4, -0.2) is 34.4 Å². The fraction of sp³-hybridized carbons (Fsp3) is 0.320. The van der Waals surface area contributed by atoms with Crippen LogP contribution in [0.4, 0.5) is 4.39 Å². The van der Waals surface area contributed by atoms with Gasteiger partial charge in [0.25, 0.3) is 11.8 Å². The molecule has 2 aromatic heterocycles. The molecule has 6 nitrogen and oxygen atoms in total. The first-order valence-corrected chi connectivity index (χ1v) is 11.2. The third kappa shape index (κ3) is 4.02. The summed E-state index contributed by atoms with van der Waals surface area (Å²) in [7, 11) is 0. The van der Waals surface area contributed by atoms with Gasteiger partial charge in [0, 0.05) is 53.3 Å². The van der Waals surface area contributed by atoms with E-state index in [9.17, 15) is 14.0 Å². The number of halogens is 1. The number of carbonyl (C=O) groups is 2. The molecule has 0 unspecified atom stereocenters. The Labute approximate surface area is 185 Å². The van der Waals surface area contributed by atoms with Crippen molar-refractivity contribution < 1.29 is 14.0 Å². The molecule has 5 rings (SSSR count). The molecule has 3 N–H and O–H groups in total. The Morgan fingerprint density at radius 2 is 1.91 bits per heavy atom. The van der Waals surface area contributed by atoms with Gasteiger partial charge in [0.1, 0.15) is 5.82 Å². The Morgan fingerprint density at radius 3 is 2.69 bits per heavy atom. The number of carbonyl (C=O) groups excluding carboxylic acids is 2. The predicted octanol–water partition coefficient (Wildman–Crippen LogP) is 4.23. The Bertz CT molecular complexity index is 1180. The van der Waals surface area contributed by atoms with Crippen LogP contribution >= 0.6 is 0 Å². The number of hydrogen-bond donors (Lipinski definition) is 3. The van der Waals surface area contributed by atoms with E-state index in [-0.39, 0.29) is 17.9 Å². The molecule has 0 saturated heterocycles. The minimum atomic E-state index is -0.490. The minimum absolute atomic E-state index is 0.0869. The maximum absolute atomic E-state index is 15.0. The summed E-state index contributed by atoms with van der Waals surface area (Å²) in [5.41, 5.74) is 4.27. The van der Waals surface area contributed by atoms with Gasteiger partial charge in [0.05, 0.1) is 11.3 Å². The summed E-state index contributed by atoms with van der Waals surface area (Å²) < 4.78 is 15.0. The number of fused-ring (bicyclic) bond motifs is 1. The average molecular weight is 432 g/mol. The molecule has 1 saturated carbocycles. The summed E-state index contributed by atoms with van der Waals surface area (Å²) in [6.45, 7) is 0.610. The lowest BCUT2D eigenvalue weighted by atomic mass is 9.95. The topological polar surface area (TPSA) is 86.9 Å². The second kappa shape index (κ2) is 8.57. The van der Waals surface area contributed by atoms with Gasteiger partial charge in [-0.25, -0.2) is 4.39 Å². The summed E-state index contributed by atoms with van der Waals surface area (Å²) in [5, 5.41) is 5.86. The van der Waals surface area contributed by atoms with E-state index in [0.29, 0.717) is 28.9 Å². The van der Waals surface area contributed by atoms with Gasteiger partial charge in [-0.3, -0.25) is 14.6 Å². The smallest absolute Gasteiger partial charge is 0.253 e. The zero-order chi connectivity index (χ0) is 22.1. The van der Waals surface area contributed by atoms with Gasteiger partial charge in [-0.1, -0.05) is 19.3 Å². The van der Waals surface area contributed by atoms with Gasteiger partial charge in [-0.2, -0.15) is 0 Å². The van der Waals surface area contributed by atoms with Crippen molar-refractivity contribution in [1.82, 2.24) is 20.6 Å². The van der Waals surface area contributed by atoms with Crippen molar-refractivity contribution in [2.24, 2.45) is 0 Å². The van der Waals surface area contributed by atoms with E-state index >= 15 is 0 Å². The highest BCUT2D eigenvalue weighted by molar-refractivity contribution is 5.98. The Kier molecular flexibility index (Phi) is 5.47. The molecule has 164 valence electrons. The molecule has 7 heteroatoms. The maximum atomic E-state index is 15.0. The molecule has 32 heavy (non-hydrogen) atoms. The zero-order valence-electron chi connectivity index (χ0n) is 17.7. The highest BCUT2D eigenvalue weighted by Crippen LogP contribution is 2.29. The van der Waals surface area contributed by atoms with Crippen LogP contribution in [0.1, 0.15) is 58.5 Å². The quantitative estimate of drug-likeness (QED) is 0.577. The van der Waals surface area contributed by atoms with Crippen LogP contribution < -0.4 is 10.6 Å². The van der Waals surface area contributed by atoms with Crippen LogP contribution in [0.15, 0.2) is 42.6 Å². The van der Waals surface area contributed by atoms with Gasteiger partial charge >= 0.3 is 0 Å². The van der Waals surface area contributed by atoms with E-state index in [1.54, 1.807) is 24.4 Å². The van der Waals surface area contributed by atoms with Crippen LogP contribution in [0, 0.1) is 5.82 Å². The first-order valence-electron chi connectivity index (χ1n) is 11.2. The van der Waals surface area contributed by atoms with E-state index in [4.69, 9.17) is 0 Å². The van der Waals surface area contributed by atoms with Crippen LogP contribution in [0.3, 0.4) is 0 Å². The SMILES string of the molecule is O=C(NC1CCCCC1)c1ccc(-c2cc(-c3cc4c([nH]3)CCNC4=O)ccn2)c(F)c1. The largest absolute Gasteiger partial charge is 0.358 e. The predicted molar refractivity (Wildman–Crippen MR) is 120 cm³/mol. The number of amides is 2. The van der Waals surface area contributed by atoms with Crippen LogP contribution in [-0.2, 0) is 6.42 Å². The Hall–Kier alpha value is -3.48. The standard InChI is InChI=1S/C25H25FN4O2/c26-20-12-16(24(31)29-17-4-2-1-3-5-17)6-7-18(20)23-13-15(8-10-27-23)22-14-19-21(30-22)9-11-28-25(19)32/h6-8,10,12-14,17,30H,1-5,9,11H2,(H,28,32)(H,29,31). The molecule has 1 aliphatic carbocycles. The molecule has 3 aromatic rings. The van der Waals surface area contributed by atoms with Crippen LogP contribution in [0.5, 0.6) is 0 Å². The van der Waals surface area contributed by atoms with Crippen molar-refractivity contribution in [3.8, 4) is 22.5 Å². The van der Waals surface area contributed by atoms with E-state index in [2.05, 4.69) is 20.6 Å². The Balaban J connectivity index is 1.38. The van der Waals surface area contributed by atoms with Crippen molar-refractivity contribution in [1.29, 1.82) is 0 Å². The normalized spacial score (nSPS) is 16.3. The third-order valence-electron chi connectivity index (χ3n) is 6.32. The van der Waals surface area contributed by atoms with Gasteiger partial charge in [-0.05, 0) is 49.2 Å². The number of aromatic amines is 1. The number of nitrogens with one attached hydrogen (secondary N) is 3. The summed E-state index contributed by atoms with van der Waals surface area (Å²) in [6.07, 6.45) is 7.77. The number of pyridine rings is 1. The number of rotatable bonds is 4. The maximum Gasteiger partial charge on any atom is 0.253 e. The first-order chi connectivity index (χ1) is 15.6. The second-order valence-corrected chi connectivity index (χ2v) is 8.51. The molecular formula is C25H25FN4O2. The van der Waals surface area contributed by atoms with Crippen molar-refractivity contribution in [3.05, 3.63) is 65.2 Å². The van der Waals surface area contributed by atoms with Gasteiger partial charge in [0.2, 0.25) is 0 Å². The van der Waals surface area contributed by atoms with Gasteiger partial charge in [0.15, 0.2) is 0 Å². The number of nitrogens with zero attached hydrogens (tertiary/aromatic N) is 1. The summed E-state index contributed by atoms with van der Waals surface area (Å²) >= 11 is 0. The molecule has 2 amide bonds. The number of hydrogen-bond acceptors (Lipinski definition) is 3. The molecule has 0 atom stereocenters. The van der Waals surface area contributed by atoms with E-state index < -0.39 is 5.82 Å². The van der Waals surface area contributed by atoms with Gasteiger partial charge < -0.3 is 15.6 Å². The van der Waals surface area contributed by atoms with Crippen molar-refractivity contribution in [2.45, 2.75) is 44.6 Å². The Morgan fingerprint density at radius 1 is 1.06 bits per heavy atom. The van der Waals surface area contributed by atoms with Crippen molar-refractivity contribution >= 4 is 11.8 Å². The molecule has 3 heterocycles. The average Bonchev–Trinajstić information content (AvgIpc) is 3.26.